The van der Waals surface area contributed by atoms with Crippen LogP contribution in [0.5, 0.6) is 0 Å². The minimum atomic E-state index is 0.456. The van der Waals surface area contributed by atoms with E-state index < -0.39 is 0 Å². The number of H-pyrrole nitrogens is 1. The monoisotopic (exact) mass is 221 g/mol. The van der Waals surface area contributed by atoms with Crippen molar-refractivity contribution < 1.29 is 0 Å². The SMILES string of the molecule is Clc1cnc2[nH]c(C3CCCN3)cc2c1. The number of pyridine rings is 1. The van der Waals surface area contributed by atoms with Crippen molar-refractivity contribution in [3.05, 3.63) is 29.0 Å². The fourth-order valence-corrected chi connectivity index (χ4v) is 2.31. The normalized spacial score (nSPS) is 21.3. The van der Waals surface area contributed by atoms with Crippen LogP contribution in [0.4, 0.5) is 0 Å². The Morgan fingerprint density at radius 1 is 1.40 bits per heavy atom. The van der Waals surface area contributed by atoms with Gasteiger partial charge in [-0.15, -0.1) is 0 Å². The van der Waals surface area contributed by atoms with Gasteiger partial charge in [0.2, 0.25) is 0 Å². The molecule has 3 rings (SSSR count). The molecule has 15 heavy (non-hydrogen) atoms. The quantitative estimate of drug-likeness (QED) is 0.777. The zero-order valence-electron chi connectivity index (χ0n) is 8.26. The molecular weight excluding hydrogens is 210 g/mol. The van der Waals surface area contributed by atoms with Crippen molar-refractivity contribution in [2.45, 2.75) is 18.9 Å². The molecule has 1 fully saturated rings. The van der Waals surface area contributed by atoms with Crippen molar-refractivity contribution in [2.24, 2.45) is 0 Å². The number of aromatic amines is 1. The Morgan fingerprint density at radius 2 is 2.33 bits per heavy atom. The summed E-state index contributed by atoms with van der Waals surface area (Å²) in [7, 11) is 0. The van der Waals surface area contributed by atoms with Crippen molar-refractivity contribution >= 4 is 22.6 Å². The second kappa shape index (κ2) is 3.51. The van der Waals surface area contributed by atoms with E-state index >= 15 is 0 Å². The van der Waals surface area contributed by atoms with E-state index in [9.17, 15) is 0 Å². The summed E-state index contributed by atoms with van der Waals surface area (Å²) in [5.74, 6) is 0. The molecule has 1 saturated heterocycles. The van der Waals surface area contributed by atoms with Crippen molar-refractivity contribution in [3.8, 4) is 0 Å². The summed E-state index contributed by atoms with van der Waals surface area (Å²) < 4.78 is 0. The van der Waals surface area contributed by atoms with Gasteiger partial charge in [-0.25, -0.2) is 4.98 Å². The number of aromatic nitrogens is 2. The molecule has 2 N–H and O–H groups in total. The summed E-state index contributed by atoms with van der Waals surface area (Å²) in [6.45, 7) is 1.11. The number of fused-ring (bicyclic) bond motifs is 1. The van der Waals surface area contributed by atoms with Gasteiger partial charge in [0.05, 0.1) is 5.02 Å². The third-order valence-corrected chi connectivity index (χ3v) is 3.10. The average Bonchev–Trinajstić information content (AvgIpc) is 2.84. The van der Waals surface area contributed by atoms with E-state index in [-0.39, 0.29) is 0 Å². The second-order valence-corrected chi connectivity index (χ2v) is 4.40. The van der Waals surface area contributed by atoms with Gasteiger partial charge >= 0.3 is 0 Å². The van der Waals surface area contributed by atoms with Crippen LogP contribution in [-0.4, -0.2) is 16.5 Å². The highest BCUT2D eigenvalue weighted by Crippen LogP contribution is 2.26. The van der Waals surface area contributed by atoms with Crippen LogP contribution >= 0.6 is 11.6 Å². The molecule has 1 aliphatic heterocycles. The van der Waals surface area contributed by atoms with Crippen molar-refractivity contribution in [1.82, 2.24) is 15.3 Å². The molecular formula is C11H12ClN3. The zero-order chi connectivity index (χ0) is 10.3. The third kappa shape index (κ3) is 1.62. The molecule has 2 aromatic rings. The van der Waals surface area contributed by atoms with E-state index in [1.54, 1.807) is 6.20 Å². The maximum atomic E-state index is 5.90. The van der Waals surface area contributed by atoms with Gasteiger partial charge < -0.3 is 10.3 Å². The largest absolute Gasteiger partial charge is 0.342 e. The first-order valence-electron chi connectivity index (χ1n) is 5.20. The molecule has 0 aromatic carbocycles. The molecule has 0 aliphatic carbocycles. The summed E-state index contributed by atoms with van der Waals surface area (Å²) in [4.78, 5) is 7.59. The van der Waals surface area contributed by atoms with Gasteiger partial charge in [-0.05, 0) is 31.5 Å². The number of nitrogens with zero attached hydrogens (tertiary/aromatic N) is 1. The maximum absolute atomic E-state index is 5.90. The van der Waals surface area contributed by atoms with Gasteiger partial charge in [0.25, 0.3) is 0 Å². The Hall–Kier alpha value is -1.06. The Balaban J connectivity index is 2.05. The molecule has 2 aromatic heterocycles. The summed E-state index contributed by atoms with van der Waals surface area (Å²) in [6.07, 6.45) is 4.11. The Morgan fingerprint density at radius 3 is 3.13 bits per heavy atom. The van der Waals surface area contributed by atoms with Gasteiger partial charge in [-0.1, -0.05) is 11.6 Å². The van der Waals surface area contributed by atoms with Crippen LogP contribution in [0.2, 0.25) is 5.02 Å². The average molecular weight is 222 g/mol. The van der Waals surface area contributed by atoms with E-state index in [0.717, 1.165) is 17.6 Å². The van der Waals surface area contributed by atoms with Crippen molar-refractivity contribution in [2.75, 3.05) is 6.54 Å². The lowest BCUT2D eigenvalue weighted by atomic mass is 10.1. The van der Waals surface area contributed by atoms with Crippen LogP contribution in [0, 0.1) is 0 Å². The summed E-state index contributed by atoms with van der Waals surface area (Å²) >= 11 is 5.90. The molecule has 1 atom stereocenters. The van der Waals surface area contributed by atoms with Gasteiger partial charge in [0.1, 0.15) is 5.65 Å². The van der Waals surface area contributed by atoms with E-state index in [1.165, 1.54) is 18.5 Å². The Labute approximate surface area is 92.8 Å². The first-order chi connectivity index (χ1) is 7.33. The predicted molar refractivity (Wildman–Crippen MR) is 61.1 cm³/mol. The highest BCUT2D eigenvalue weighted by atomic mass is 35.5. The number of halogens is 1. The maximum Gasteiger partial charge on any atom is 0.137 e. The first kappa shape index (κ1) is 9.19. The molecule has 0 radical (unpaired) electrons. The molecule has 0 spiro atoms. The molecule has 1 unspecified atom stereocenters. The molecule has 1 aliphatic rings. The minimum Gasteiger partial charge on any atom is -0.342 e. The lowest BCUT2D eigenvalue weighted by molar-refractivity contribution is 0.633. The third-order valence-electron chi connectivity index (χ3n) is 2.89. The van der Waals surface area contributed by atoms with Crippen LogP contribution in [0.15, 0.2) is 18.3 Å². The van der Waals surface area contributed by atoms with E-state index in [1.807, 2.05) is 6.07 Å². The van der Waals surface area contributed by atoms with Crippen LogP contribution in [-0.2, 0) is 0 Å². The molecule has 0 amide bonds. The first-order valence-corrected chi connectivity index (χ1v) is 5.58. The molecule has 0 saturated carbocycles. The number of nitrogens with one attached hydrogen (secondary N) is 2. The topological polar surface area (TPSA) is 40.7 Å². The summed E-state index contributed by atoms with van der Waals surface area (Å²) in [6, 6.07) is 4.54. The number of hydrogen-bond acceptors (Lipinski definition) is 2. The van der Waals surface area contributed by atoms with Gasteiger partial charge in [0.15, 0.2) is 0 Å². The standard InChI is InChI=1S/C11H12ClN3/c12-8-4-7-5-10(9-2-1-3-13-9)15-11(7)14-6-8/h4-6,9,13H,1-3H2,(H,14,15). The second-order valence-electron chi connectivity index (χ2n) is 3.96. The van der Waals surface area contributed by atoms with Crippen molar-refractivity contribution in [3.63, 3.8) is 0 Å². The van der Waals surface area contributed by atoms with Crippen LogP contribution in [0.25, 0.3) is 11.0 Å². The molecule has 78 valence electrons. The number of rotatable bonds is 1. The van der Waals surface area contributed by atoms with Crippen LogP contribution in [0.3, 0.4) is 0 Å². The molecule has 3 heterocycles. The lowest BCUT2D eigenvalue weighted by Gasteiger charge is -2.05. The van der Waals surface area contributed by atoms with Crippen molar-refractivity contribution in [1.29, 1.82) is 0 Å². The van der Waals surface area contributed by atoms with Crippen LogP contribution in [0.1, 0.15) is 24.6 Å². The number of hydrogen-bond donors (Lipinski definition) is 2. The fourth-order valence-electron chi connectivity index (χ4n) is 2.15. The highest BCUT2D eigenvalue weighted by molar-refractivity contribution is 6.31. The lowest BCUT2D eigenvalue weighted by Crippen LogP contribution is -2.12. The summed E-state index contributed by atoms with van der Waals surface area (Å²) in [5.41, 5.74) is 2.14. The smallest absolute Gasteiger partial charge is 0.137 e. The van der Waals surface area contributed by atoms with E-state index in [0.29, 0.717) is 11.1 Å². The molecule has 3 nitrogen and oxygen atoms in total. The van der Waals surface area contributed by atoms with E-state index in [4.69, 9.17) is 11.6 Å². The summed E-state index contributed by atoms with van der Waals surface area (Å²) in [5, 5.41) is 5.23. The van der Waals surface area contributed by atoms with Gasteiger partial charge in [-0.3, -0.25) is 0 Å². The minimum absolute atomic E-state index is 0.456. The van der Waals surface area contributed by atoms with Crippen LogP contribution < -0.4 is 5.32 Å². The Kier molecular flexibility index (Phi) is 2.15. The molecule has 0 bridgehead atoms. The Bertz CT molecular complexity index is 486. The fraction of sp³-hybridized carbons (Fsp3) is 0.364. The highest BCUT2D eigenvalue weighted by Gasteiger charge is 2.18. The van der Waals surface area contributed by atoms with Gasteiger partial charge in [-0.2, -0.15) is 0 Å². The zero-order valence-corrected chi connectivity index (χ0v) is 9.01. The van der Waals surface area contributed by atoms with Gasteiger partial charge in [0, 0.05) is 23.3 Å². The van der Waals surface area contributed by atoms with E-state index in [2.05, 4.69) is 21.4 Å². The predicted octanol–water partition coefficient (Wildman–Crippen LogP) is 2.64. The molecule has 4 heteroatoms.